The first-order chi connectivity index (χ1) is 11.3. The minimum absolute atomic E-state index is 0.0427. The van der Waals surface area contributed by atoms with Crippen molar-refractivity contribution in [2.75, 3.05) is 13.7 Å². The predicted octanol–water partition coefficient (Wildman–Crippen LogP) is 1.80. The number of nitrogens with one attached hydrogen (secondary N) is 1. The molecule has 24 heavy (non-hydrogen) atoms. The topological polar surface area (TPSA) is 98.5 Å². The third-order valence-corrected chi connectivity index (χ3v) is 6.39. The fourth-order valence-electron chi connectivity index (χ4n) is 3.23. The third kappa shape index (κ3) is 3.60. The number of carbonyl (C=O) groups is 1. The van der Waals surface area contributed by atoms with Gasteiger partial charge in [-0.15, -0.1) is 0 Å². The third-order valence-electron chi connectivity index (χ3n) is 4.79. The maximum absolute atomic E-state index is 13.6. The van der Waals surface area contributed by atoms with Gasteiger partial charge in [-0.2, -0.15) is 0 Å². The van der Waals surface area contributed by atoms with E-state index in [9.17, 15) is 17.6 Å². The Bertz CT molecular complexity index is 723. The Morgan fingerprint density at radius 3 is 2.75 bits per heavy atom. The molecule has 0 saturated heterocycles. The van der Waals surface area contributed by atoms with Crippen molar-refractivity contribution in [3.8, 4) is 0 Å². The number of hydrogen-bond acceptors (Lipinski definition) is 5. The Hall–Kier alpha value is -1.51. The van der Waals surface area contributed by atoms with Crippen LogP contribution in [0.25, 0.3) is 0 Å². The van der Waals surface area contributed by atoms with Crippen molar-refractivity contribution in [2.24, 2.45) is 11.7 Å². The minimum Gasteiger partial charge on any atom is -0.465 e. The molecule has 1 saturated carbocycles. The van der Waals surface area contributed by atoms with Crippen molar-refractivity contribution in [1.29, 1.82) is 0 Å². The van der Waals surface area contributed by atoms with E-state index in [-0.39, 0.29) is 18.0 Å². The Kier molecular flexibility index (Phi) is 5.62. The Labute approximate surface area is 141 Å². The largest absolute Gasteiger partial charge is 0.465 e. The van der Waals surface area contributed by atoms with Crippen LogP contribution in [0.1, 0.15) is 43.0 Å². The lowest BCUT2D eigenvalue weighted by molar-refractivity contribution is 0.0596. The summed E-state index contributed by atoms with van der Waals surface area (Å²) < 4.78 is 46.6. The molecule has 1 aliphatic carbocycles. The highest BCUT2D eigenvalue weighted by Crippen LogP contribution is 2.34. The van der Waals surface area contributed by atoms with E-state index in [2.05, 4.69) is 9.46 Å². The van der Waals surface area contributed by atoms with Crippen LogP contribution in [-0.4, -0.2) is 33.6 Å². The van der Waals surface area contributed by atoms with Crippen molar-refractivity contribution in [1.82, 2.24) is 4.72 Å². The number of halogens is 1. The summed E-state index contributed by atoms with van der Waals surface area (Å²) in [4.78, 5) is 11.4. The number of hydrogen-bond donors (Lipinski definition) is 2. The molecular formula is C16H23FN2O4S. The number of nitrogens with two attached hydrogens (primary N) is 1. The molecule has 8 heteroatoms. The summed E-state index contributed by atoms with van der Waals surface area (Å²) in [5.74, 6) is -1.54. The van der Waals surface area contributed by atoms with E-state index < -0.39 is 32.2 Å². The molecule has 0 amide bonds. The number of carbonyl (C=O) groups excluding carboxylic acids is 1. The van der Waals surface area contributed by atoms with Gasteiger partial charge in [0.05, 0.1) is 17.6 Å². The van der Waals surface area contributed by atoms with Gasteiger partial charge in [-0.3, -0.25) is 0 Å². The van der Waals surface area contributed by atoms with Gasteiger partial charge in [-0.25, -0.2) is 22.3 Å². The normalized spacial score (nSPS) is 24.6. The molecule has 1 fully saturated rings. The highest BCUT2D eigenvalue weighted by atomic mass is 32.2. The van der Waals surface area contributed by atoms with Gasteiger partial charge < -0.3 is 10.5 Å². The number of esters is 1. The fourth-order valence-corrected chi connectivity index (χ4v) is 4.97. The van der Waals surface area contributed by atoms with E-state index in [1.54, 1.807) is 0 Å². The van der Waals surface area contributed by atoms with Crippen LogP contribution in [0.3, 0.4) is 0 Å². The molecular weight excluding hydrogens is 335 g/mol. The second-order valence-corrected chi connectivity index (χ2v) is 7.90. The van der Waals surface area contributed by atoms with Crippen molar-refractivity contribution >= 4 is 16.0 Å². The van der Waals surface area contributed by atoms with E-state index in [1.807, 2.05) is 6.92 Å². The van der Waals surface area contributed by atoms with Crippen molar-refractivity contribution in [2.45, 2.75) is 43.0 Å². The van der Waals surface area contributed by atoms with Crippen molar-refractivity contribution in [3.05, 3.63) is 29.6 Å². The average molecular weight is 358 g/mol. The SMILES string of the molecule is COC(=O)c1ccc(F)cc1S(=O)(=O)NC1(CN)CCCCC1C. The van der Waals surface area contributed by atoms with E-state index in [1.165, 1.54) is 0 Å². The maximum atomic E-state index is 13.6. The molecule has 2 rings (SSSR count). The van der Waals surface area contributed by atoms with Crippen LogP contribution < -0.4 is 10.5 Å². The van der Waals surface area contributed by atoms with Crippen LogP contribution in [0.5, 0.6) is 0 Å². The van der Waals surface area contributed by atoms with Gasteiger partial charge in [0.1, 0.15) is 5.82 Å². The second-order valence-electron chi connectivity index (χ2n) is 6.24. The Morgan fingerprint density at radius 2 is 2.17 bits per heavy atom. The first-order valence-corrected chi connectivity index (χ1v) is 9.36. The zero-order valence-corrected chi connectivity index (χ0v) is 14.7. The summed E-state index contributed by atoms with van der Waals surface area (Å²) in [5.41, 5.74) is 4.87. The maximum Gasteiger partial charge on any atom is 0.339 e. The monoisotopic (exact) mass is 358 g/mol. The zero-order valence-electron chi connectivity index (χ0n) is 13.8. The van der Waals surface area contributed by atoms with Gasteiger partial charge in [0, 0.05) is 12.1 Å². The smallest absolute Gasteiger partial charge is 0.339 e. The molecule has 0 radical (unpaired) electrons. The number of ether oxygens (including phenoxy) is 1. The first-order valence-electron chi connectivity index (χ1n) is 7.87. The first kappa shape index (κ1) is 18.8. The van der Waals surface area contributed by atoms with Gasteiger partial charge in [-0.05, 0) is 37.0 Å². The molecule has 1 aromatic rings. The zero-order chi connectivity index (χ0) is 18.0. The van der Waals surface area contributed by atoms with Crippen molar-refractivity contribution in [3.63, 3.8) is 0 Å². The number of sulfonamides is 1. The predicted molar refractivity (Wildman–Crippen MR) is 87.5 cm³/mol. The summed E-state index contributed by atoms with van der Waals surface area (Å²) in [6.07, 6.45) is 3.33. The molecule has 0 bridgehead atoms. The van der Waals surface area contributed by atoms with Crippen molar-refractivity contribution < 1.29 is 22.3 Å². The lowest BCUT2D eigenvalue weighted by Crippen LogP contribution is -2.59. The van der Waals surface area contributed by atoms with E-state index in [4.69, 9.17) is 5.73 Å². The lowest BCUT2D eigenvalue weighted by Gasteiger charge is -2.42. The molecule has 0 heterocycles. The second kappa shape index (κ2) is 7.16. The summed E-state index contributed by atoms with van der Waals surface area (Å²) in [6.45, 7) is 2.08. The number of benzene rings is 1. The molecule has 2 atom stereocenters. The molecule has 1 aliphatic rings. The fraction of sp³-hybridized carbons (Fsp3) is 0.562. The van der Waals surface area contributed by atoms with Crippen LogP contribution in [0.15, 0.2) is 23.1 Å². The molecule has 0 spiro atoms. The highest BCUT2D eigenvalue weighted by Gasteiger charge is 2.41. The Morgan fingerprint density at radius 1 is 1.46 bits per heavy atom. The Balaban J connectivity index is 2.47. The van der Waals surface area contributed by atoms with E-state index in [0.717, 1.165) is 44.6 Å². The van der Waals surface area contributed by atoms with Crippen LogP contribution >= 0.6 is 0 Å². The summed E-state index contributed by atoms with van der Waals surface area (Å²) in [6, 6.07) is 2.95. The van der Waals surface area contributed by atoms with Gasteiger partial charge in [0.2, 0.25) is 10.0 Å². The van der Waals surface area contributed by atoms with Crippen LogP contribution in [0.2, 0.25) is 0 Å². The van der Waals surface area contributed by atoms with Crippen LogP contribution in [-0.2, 0) is 14.8 Å². The standard InChI is InChI=1S/C16H23FN2O4S/c1-11-5-3-4-8-16(11,10-18)19-24(21,22)14-9-12(17)6-7-13(14)15(20)23-2/h6-7,9,11,19H,3-5,8,10,18H2,1-2H3. The van der Waals surface area contributed by atoms with E-state index in [0.29, 0.717) is 6.42 Å². The summed E-state index contributed by atoms with van der Waals surface area (Å²) >= 11 is 0. The highest BCUT2D eigenvalue weighted by molar-refractivity contribution is 7.89. The van der Waals surface area contributed by atoms with Gasteiger partial charge in [0.15, 0.2) is 0 Å². The molecule has 1 aromatic carbocycles. The molecule has 6 nitrogen and oxygen atoms in total. The quantitative estimate of drug-likeness (QED) is 0.782. The molecule has 0 aliphatic heterocycles. The van der Waals surface area contributed by atoms with Gasteiger partial charge in [0.25, 0.3) is 0 Å². The number of methoxy groups -OCH3 is 1. The lowest BCUT2D eigenvalue weighted by atomic mass is 9.74. The average Bonchev–Trinajstić information content (AvgIpc) is 2.56. The van der Waals surface area contributed by atoms with Crippen LogP contribution in [0.4, 0.5) is 4.39 Å². The number of rotatable bonds is 5. The summed E-state index contributed by atoms with van der Waals surface area (Å²) in [7, 11) is -3.00. The van der Waals surface area contributed by atoms with Crippen LogP contribution in [0, 0.1) is 11.7 Å². The molecule has 0 aromatic heterocycles. The minimum atomic E-state index is -4.14. The molecule has 3 N–H and O–H groups in total. The van der Waals surface area contributed by atoms with E-state index >= 15 is 0 Å². The molecule has 2 unspecified atom stereocenters. The van der Waals surface area contributed by atoms with Gasteiger partial charge in [-0.1, -0.05) is 19.8 Å². The summed E-state index contributed by atoms with van der Waals surface area (Å²) in [5, 5.41) is 0. The van der Waals surface area contributed by atoms with Gasteiger partial charge >= 0.3 is 5.97 Å². The molecule has 134 valence electrons.